The summed E-state index contributed by atoms with van der Waals surface area (Å²) in [4.78, 5) is 0. The number of nitrogens with two attached hydrogens (primary N) is 1. The average Bonchev–Trinajstić information content (AvgIpc) is 2.92. The third-order valence-corrected chi connectivity index (χ3v) is 7.46. The lowest BCUT2D eigenvalue weighted by Crippen LogP contribution is -2.13. The lowest BCUT2D eigenvalue weighted by atomic mass is 10.0. The van der Waals surface area contributed by atoms with E-state index >= 15 is 0 Å². The Kier molecular flexibility index (Phi) is 46.2. The third kappa shape index (κ3) is 64.0. The Hall–Kier alpha value is -0.210. The van der Waals surface area contributed by atoms with Gasteiger partial charge in [-0.15, -0.1) is 0 Å². The summed E-state index contributed by atoms with van der Waals surface area (Å²) in [5.41, 5.74) is 4.85. The topological polar surface area (TPSA) is 113 Å². The minimum Gasteiger partial charge on any atom is -0.331 e. The third-order valence-electron chi connectivity index (χ3n) is 7.46. The maximum absolute atomic E-state index is 8.74. The molecule has 0 saturated heterocycles. The number of rotatable bonds is 30. The molecular weight excluding hydrogens is 532 g/mol. The predicted molar refractivity (Wildman–Crippen MR) is 182 cm³/mol. The minimum atomic E-state index is -4.67. The highest BCUT2D eigenvalue weighted by molar-refractivity contribution is 7.79. The zero-order valence-corrected chi connectivity index (χ0v) is 28.9. The Bertz CT molecular complexity index is 495. The van der Waals surface area contributed by atoms with Gasteiger partial charge in [0, 0.05) is 0 Å². The van der Waals surface area contributed by atoms with E-state index < -0.39 is 10.4 Å². The Morgan fingerprint density at radius 2 is 0.610 bits per heavy atom. The van der Waals surface area contributed by atoms with Gasteiger partial charge in [-0.3, -0.25) is 9.11 Å². The molecule has 6 nitrogen and oxygen atoms in total. The first-order valence-corrected chi connectivity index (χ1v) is 19.3. The molecular formula is C34H76N2O4S. The highest BCUT2D eigenvalue weighted by Gasteiger charge is 1.96. The number of hydrogen-bond donors (Lipinski definition) is 4. The van der Waals surface area contributed by atoms with Crippen LogP contribution in [0.4, 0.5) is 0 Å². The summed E-state index contributed by atoms with van der Waals surface area (Å²) < 4.78 is 31.6. The first-order chi connectivity index (χ1) is 19.8. The SMILES string of the molecule is CCCCCCCCCCCCCCCCCCCCCCCCCCCCCCNCC.CCN.O=S(=O)(O)O. The lowest BCUT2D eigenvalue weighted by Gasteiger charge is -2.04. The molecule has 0 amide bonds. The molecule has 0 aromatic rings. The molecule has 0 fully saturated rings. The quantitative estimate of drug-likeness (QED) is 0.0476. The molecule has 0 atom stereocenters. The van der Waals surface area contributed by atoms with Crippen LogP contribution in [0, 0.1) is 0 Å². The second-order valence-corrected chi connectivity index (χ2v) is 12.7. The van der Waals surface area contributed by atoms with E-state index in [0.29, 0.717) is 0 Å². The van der Waals surface area contributed by atoms with E-state index in [1.807, 2.05) is 6.92 Å². The summed E-state index contributed by atoms with van der Waals surface area (Å²) in [6.45, 7) is 9.50. The molecule has 0 aliphatic carbocycles. The summed E-state index contributed by atoms with van der Waals surface area (Å²) in [7, 11) is -4.67. The lowest BCUT2D eigenvalue weighted by molar-refractivity contribution is 0.381. The van der Waals surface area contributed by atoms with E-state index in [0.717, 1.165) is 13.1 Å². The molecule has 0 radical (unpaired) electrons. The van der Waals surface area contributed by atoms with Gasteiger partial charge in [-0.05, 0) is 26.1 Å². The van der Waals surface area contributed by atoms with Crippen molar-refractivity contribution in [3.63, 3.8) is 0 Å². The molecule has 0 saturated carbocycles. The Labute approximate surface area is 258 Å². The van der Waals surface area contributed by atoms with Gasteiger partial charge in [0.25, 0.3) is 0 Å². The molecule has 7 heteroatoms. The number of nitrogens with one attached hydrogen (secondary N) is 1. The van der Waals surface area contributed by atoms with Gasteiger partial charge in [0.1, 0.15) is 0 Å². The standard InChI is InChI=1S/C32H67N.C2H7N.H2O4S/c1-3-5-6-7-8-9-10-11-12-13-14-15-16-17-18-19-20-21-22-23-24-25-26-27-28-29-30-31-32-33-4-2;1-2-3;1-5(2,3)4/h33H,3-32H2,1-2H3;2-3H2,1H3;(H2,1,2,3,4). The van der Waals surface area contributed by atoms with Gasteiger partial charge in [0.2, 0.25) is 0 Å². The molecule has 0 aromatic carbocycles. The zero-order valence-electron chi connectivity index (χ0n) is 28.1. The summed E-state index contributed by atoms with van der Waals surface area (Å²) >= 11 is 0. The maximum atomic E-state index is 8.74. The molecule has 0 bridgehead atoms. The number of unbranched alkanes of at least 4 members (excludes halogenated alkanes) is 27. The van der Waals surface area contributed by atoms with Crippen LogP contribution in [0.25, 0.3) is 0 Å². The van der Waals surface area contributed by atoms with Crippen molar-refractivity contribution >= 4 is 10.4 Å². The van der Waals surface area contributed by atoms with Crippen LogP contribution in [0.1, 0.15) is 201 Å². The molecule has 0 unspecified atom stereocenters. The van der Waals surface area contributed by atoms with E-state index in [4.69, 9.17) is 23.3 Å². The van der Waals surface area contributed by atoms with Crippen LogP contribution in [-0.4, -0.2) is 37.2 Å². The van der Waals surface area contributed by atoms with Crippen molar-refractivity contribution in [3.05, 3.63) is 0 Å². The maximum Gasteiger partial charge on any atom is 0.394 e. The highest BCUT2D eigenvalue weighted by atomic mass is 32.3. The van der Waals surface area contributed by atoms with Gasteiger partial charge in [-0.25, -0.2) is 0 Å². The van der Waals surface area contributed by atoms with E-state index in [-0.39, 0.29) is 0 Å². The fraction of sp³-hybridized carbons (Fsp3) is 1.00. The van der Waals surface area contributed by atoms with E-state index in [1.165, 1.54) is 186 Å². The molecule has 0 aliphatic rings. The molecule has 0 heterocycles. The summed E-state index contributed by atoms with van der Waals surface area (Å²) in [6, 6.07) is 0. The summed E-state index contributed by atoms with van der Waals surface area (Å²) in [5.74, 6) is 0. The van der Waals surface area contributed by atoms with Gasteiger partial charge in [0.05, 0.1) is 0 Å². The zero-order chi connectivity index (χ0) is 31.1. The van der Waals surface area contributed by atoms with Gasteiger partial charge in [0.15, 0.2) is 0 Å². The van der Waals surface area contributed by atoms with Crippen LogP contribution < -0.4 is 11.1 Å². The van der Waals surface area contributed by atoms with Crippen LogP contribution in [-0.2, 0) is 10.4 Å². The van der Waals surface area contributed by atoms with Crippen molar-refractivity contribution < 1.29 is 17.5 Å². The van der Waals surface area contributed by atoms with Crippen LogP contribution in [0.3, 0.4) is 0 Å². The fourth-order valence-electron chi connectivity index (χ4n) is 5.10. The molecule has 0 rings (SSSR count). The second-order valence-electron chi connectivity index (χ2n) is 11.8. The predicted octanol–water partition coefficient (Wildman–Crippen LogP) is 10.9. The average molecular weight is 609 g/mol. The molecule has 252 valence electrons. The normalized spacial score (nSPS) is 11.1. The van der Waals surface area contributed by atoms with E-state index in [9.17, 15) is 0 Å². The Balaban J connectivity index is -0.00000158. The van der Waals surface area contributed by atoms with Crippen molar-refractivity contribution in [1.82, 2.24) is 5.32 Å². The monoisotopic (exact) mass is 609 g/mol. The van der Waals surface area contributed by atoms with Crippen molar-refractivity contribution in [2.24, 2.45) is 5.73 Å². The van der Waals surface area contributed by atoms with Crippen LogP contribution in [0.2, 0.25) is 0 Å². The smallest absolute Gasteiger partial charge is 0.331 e. The minimum absolute atomic E-state index is 0.750. The van der Waals surface area contributed by atoms with Gasteiger partial charge < -0.3 is 11.1 Å². The van der Waals surface area contributed by atoms with Gasteiger partial charge in [-0.1, -0.05) is 194 Å². The molecule has 41 heavy (non-hydrogen) atoms. The first-order valence-electron chi connectivity index (χ1n) is 17.9. The summed E-state index contributed by atoms with van der Waals surface area (Å²) in [6.07, 6.45) is 41.2. The van der Waals surface area contributed by atoms with E-state index in [2.05, 4.69) is 19.2 Å². The molecule has 0 aliphatic heterocycles. The van der Waals surface area contributed by atoms with Crippen molar-refractivity contribution in [3.8, 4) is 0 Å². The number of hydrogen-bond acceptors (Lipinski definition) is 4. The van der Waals surface area contributed by atoms with E-state index in [1.54, 1.807) is 0 Å². The van der Waals surface area contributed by atoms with Crippen molar-refractivity contribution in [1.29, 1.82) is 0 Å². The van der Waals surface area contributed by atoms with Crippen LogP contribution in [0.15, 0.2) is 0 Å². The summed E-state index contributed by atoms with van der Waals surface area (Å²) in [5, 5.41) is 3.42. The van der Waals surface area contributed by atoms with Gasteiger partial charge in [-0.2, -0.15) is 8.42 Å². The molecule has 0 spiro atoms. The van der Waals surface area contributed by atoms with Gasteiger partial charge >= 0.3 is 10.4 Å². The molecule has 5 N–H and O–H groups in total. The van der Waals surface area contributed by atoms with Crippen LogP contribution >= 0.6 is 0 Å². The first kappa shape index (κ1) is 45.2. The largest absolute Gasteiger partial charge is 0.394 e. The highest BCUT2D eigenvalue weighted by Crippen LogP contribution is 2.16. The Morgan fingerprint density at radius 1 is 0.439 bits per heavy atom. The second kappa shape index (κ2) is 41.9. The van der Waals surface area contributed by atoms with Crippen molar-refractivity contribution in [2.75, 3.05) is 19.6 Å². The van der Waals surface area contributed by atoms with Crippen molar-refractivity contribution in [2.45, 2.75) is 201 Å². The Morgan fingerprint density at radius 3 is 0.780 bits per heavy atom. The fourth-order valence-corrected chi connectivity index (χ4v) is 5.10. The van der Waals surface area contributed by atoms with Crippen LogP contribution in [0.5, 0.6) is 0 Å². The molecule has 0 aromatic heterocycles.